The average molecular weight is 199 g/mol. The minimum atomic E-state index is -1.24. The van der Waals surface area contributed by atoms with Gasteiger partial charge in [-0.2, -0.15) is 0 Å². The minimum Gasteiger partial charge on any atom is -0.381 e. The largest absolute Gasteiger partial charge is 0.381 e. The molecular weight excluding hydrogens is 178 g/mol. The molecule has 1 rings (SSSR count). The lowest BCUT2D eigenvalue weighted by molar-refractivity contribution is -0.154. The van der Waals surface area contributed by atoms with Crippen molar-refractivity contribution < 1.29 is 9.90 Å². The third kappa shape index (κ3) is 2.27. The molecule has 2 unspecified atom stereocenters. The van der Waals surface area contributed by atoms with E-state index in [1.54, 1.807) is 13.8 Å². The monoisotopic (exact) mass is 199 g/mol. The number of carbonyl (C=O) groups is 1. The summed E-state index contributed by atoms with van der Waals surface area (Å²) < 4.78 is 0. The van der Waals surface area contributed by atoms with Gasteiger partial charge in [-0.05, 0) is 47.0 Å². The minimum absolute atomic E-state index is 0.141. The Kier molecular flexibility index (Phi) is 3.20. The number of aliphatic hydroxyl groups is 1. The van der Waals surface area contributed by atoms with Crippen LogP contribution in [0, 0.1) is 0 Å². The number of likely N-dealkylation sites (tertiary alicyclic amines) is 1. The molecule has 1 heterocycles. The lowest BCUT2D eigenvalue weighted by Gasteiger charge is -2.41. The summed E-state index contributed by atoms with van der Waals surface area (Å²) in [6, 6.07) is 0.523. The molecule has 14 heavy (non-hydrogen) atoms. The van der Waals surface area contributed by atoms with Gasteiger partial charge in [0, 0.05) is 12.1 Å². The second-order valence-electron chi connectivity index (χ2n) is 4.90. The molecule has 1 aliphatic heterocycles. The Labute approximate surface area is 86.1 Å². The molecule has 0 aliphatic carbocycles. The first kappa shape index (κ1) is 11.5. The van der Waals surface area contributed by atoms with Crippen molar-refractivity contribution in [1.82, 2.24) is 4.90 Å². The van der Waals surface area contributed by atoms with Crippen LogP contribution in [0.1, 0.15) is 47.0 Å². The van der Waals surface area contributed by atoms with Crippen LogP contribution in [-0.4, -0.2) is 33.6 Å². The van der Waals surface area contributed by atoms with E-state index >= 15 is 0 Å². The van der Waals surface area contributed by atoms with Gasteiger partial charge in [0.25, 0.3) is 5.91 Å². The quantitative estimate of drug-likeness (QED) is 0.696. The van der Waals surface area contributed by atoms with Gasteiger partial charge in [-0.15, -0.1) is 0 Å². The van der Waals surface area contributed by atoms with Crippen molar-refractivity contribution >= 4 is 5.91 Å². The highest BCUT2D eigenvalue weighted by Crippen LogP contribution is 2.25. The Hall–Kier alpha value is -0.570. The van der Waals surface area contributed by atoms with Crippen LogP contribution >= 0.6 is 0 Å². The van der Waals surface area contributed by atoms with E-state index in [4.69, 9.17) is 0 Å². The zero-order valence-electron chi connectivity index (χ0n) is 9.58. The Bertz CT molecular complexity index is 210. The highest BCUT2D eigenvalue weighted by Gasteiger charge is 2.36. The van der Waals surface area contributed by atoms with Gasteiger partial charge in [0.15, 0.2) is 0 Å². The fourth-order valence-corrected chi connectivity index (χ4v) is 2.14. The molecule has 0 radical (unpaired) electrons. The number of carbonyl (C=O) groups excluding carboxylic acids is 1. The lowest BCUT2D eigenvalue weighted by atomic mass is 9.95. The summed E-state index contributed by atoms with van der Waals surface area (Å²) in [6.45, 7) is 7.23. The summed E-state index contributed by atoms with van der Waals surface area (Å²) in [5.74, 6) is -0.141. The van der Waals surface area contributed by atoms with Crippen LogP contribution in [0.5, 0.6) is 0 Å². The van der Waals surface area contributed by atoms with Crippen LogP contribution in [0.15, 0.2) is 0 Å². The van der Waals surface area contributed by atoms with E-state index in [1.165, 1.54) is 6.42 Å². The van der Waals surface area contributed by atoms with Crippen molar-refractivity contribution in [2.24, 2.45) is 0 Å². The fraction of sp³-hybridized carbons (Fsp3) is 0.909. The van der Waals surface area contributed by atoms with Crippen molar-refractivity contribution in [3.63, 3.8) is 0 Å². The Balaban J connectivity index is 2.78. The summed E-state index contributed by atoms with van der Waals surface area (Å²) >= 11 is 0. The molecule has 3 heteroatoms. The topological polar surface area (TPSA) is 40.5 Å². The molecule has 0 aromatic heterocycles. The SMILES string of the molecule is CC1CCCC(C)N1C(=O)C(C)(C)O. The standard InChI is InChI=1S/C11H21NO2/c1-8-6-5-7-9(2)12(8)10(13)11(3,4)14/h8-9,14H,5-7H2,1-4H3. The summed E-state index contributed by atoms with van der Waals surface area (Å²) in [4.78, 5) is 13.8. The molecule has 0 aromatic rings. The average Bonchev–Trinajstić information content (AvgIpc) is 2.01. The molecule has 0 saturated carbocycles. The van der Waals surface area contributed by atoms with Crippen LogP contribution in [0.4, 0.5) is 0 Å². The number of hydrogen-bond donors (Lipinski definition) is 1. The maximum absolute atomic E-state index is 11.9. The molecule has 1 amide bonds. The molecule has 0 bridgehead atoms. The molecular formula is C11H21NO2. The van der Waals surface area contributed by atoms with Gasteiger partial charge in [0.2, 0.25) is 0 Å². The Morgan fingerprint density at radius 1 is 1.29 bits per heavy atom. The number of piperidine rings is 1. The maximum atomic E-state index is 11.9. The van der Waals surface area contributed by atoms with Gasteiger partial charge in [-0.25, -0.2) is 0 Å². The molecule has 1 fully saturated rings. The van der Waals surface area contributed by atoms with Crippen LogP contribution < -0.4 is 0 Å². The number of amides is 1. The van der Waals surface area contributed by atoms with Crippen LogP contribution in [0.25, 0.3) is 0 Å². The summed E-state index contributed by atoms with van der Waals surface area (Å²) in [7, 11) is 0. The first-order chi connectivity index (χ1) is 6.34. The Morgan fingerprint density at radius 2 is 1.71 bits per heavy atom. The first-order valence-electron chi connectivity index (χ1n) is 5.39. The summed E-state index contributed by atoms with van der Waals surface area (Å²) in [5.41, 5.74) is -1.24. The molecule has 1 saturated heterocycles. The first-order valence-corrected chi connectivity index (χ1v) is 5.39. The second-order valence-corrected chi connectivity index (χ2v) is 4.90. The van der Waals surface area contributed by atoms with Gasteiger partial charge < -0.3 is 10.0 Å². The molecule has 0 aromatic carbocycles. The van der Waals surface area contributed by atoms with Gasteiger partial charge in [0.1, 0.15) is 5.60 Å². The van der Waals surface area contributed by atoms with E-state index in [2.05, 4.69) is 13.8 Å². The van der Waals surface area contributed by atoms with Crippen molar-refractivity contribution in [3.05, 3.63) is 0 Å². The van der Waals surface area contributed by atoms with Gasteiger partial charge >= 0.3 is 0 Å². The van der Waals surface area contributed by atoms with Crippen molar-refractivity contribution in [2.75, 3.05) is 0 Å². The number of rotatable bonds is 1. The molecule has 3 nitrogen and oxygen atoms in total. The van der Waals surface area contributed by atoms with E-state index in [1.807, 2.05) is 4.90 Å². The zero-order chi connectivity index (χ0) is 10.9. The summed E-state index contributed by atoms with van der Waals surface area (Å²) in [5, 5.41) is 9.68. The molecule has 82 valence electrons. The third-order valence-corrected chi connectivity index (χ3v) is 2.95. The highest BCUT2D eigenvalue weighted by atomic mass is 16.3. The Morgan fingerprint density at radius 3 is 2.07 bits per heavy atom. The lowest BCUT2D eigenvalue weighted by Crippen LogP contribution is -2.54. The van der Waals surface area contributed by atoms with Gasteiger partial charge in [-0.3, -0.25) is 4.79 Å². The smallest absolute Gasteiger partial charge is 0.254 e. The van der Waals surface area contributed by atoms with Crippen molar-refractivity contribution in [1.29, 1.82) is 0 Å². The van der Waals surface area contributed by atoms with Crippen LogP contribution in [-0.2, 0) is 4.79 Å². The van der Waals surface area contributed by atoms with E-state index in [0.717, 1.165) is 12.8 Å². The van der Waals surface area contributed by atoms with E-state index in [0.29, 0.717) is 0 Å². The van der Waals surface area contributed by atoms with Crippen LogP contribution in [0.3, 0.4) is 0 Å². The second kappa shape index (κ2) is 3.89. The molecule has 1 aliphatic rings. The van der Waals surface area contributed by atoms with Crippen molar-refractivity contribution in [3.8, 4) is 0 Å². The molecule has 0 spiro atoms. The van der Waals surface area contributed by atoms with E-state index < -0.39 is 5.60 Å². The number of hydrogen-bond acceptors (Lipinski definition) is 2. The highest BCUT2D eigenvalue weighted by molar-refractivity contribution is 5.84. The van der Waals surface area contributed by atoms with Crippen LogP contribution in [0.2, 0.25) is 0 Å². The van der Waals surface area contributed by atoms with E-state index in [9.17, 15) is 9.90 Å². The van der Waals surface area contributed by atoms with E-state index in [-0.39, 0.29) is 18.0 Å². The normalized spacial score (nSPS) is 29.1. The van der Waals surface area contributed by atoms with Gasteiger partial charge in [-0.1, -0.05) is 0 Å². The zero-order valence-corrected chi connectivity index (χ0v) is 9.58. The fourth-order valence-electron chi connectivity index (χ4n) is 2.14. The third-order valence-electron chi connectivity index (χ3n) is 2.95. The number of nitrogens with zero attached hydrogens (tertiary/aromatic N) is 1. The maximum Gasteiger partial charge on any atom is 0.254 e. The molecule has 2 atom stereocenters. The van der Waals surface area contributed by atoms with Crippen molar-refractivity contribution in [2.45, 2.75) is 64.6 Å². The summed E-state index contributed by atoms with van der Waals surface area (Å²) in [6.07, 6.45) is 3.27. The predicted molar refractivity (Wildman–Crippen MR) is 55.9 cm³/mol. The van der Waals surface area contributed by atoms with Gasteiger partial charge in [0.05, 0.1) is 0 Å². The molecule has 1 N–H and O–H groups in total. The predicted octanol–water partition coefficient (Wildman–Crippen LogP) is 1.55.